The van der Waals surface area contributed by atoms with Crippen LogP contribution in [0.3, 0.4) is 0 Å². The summed E-state index contributed by atoms with van der Waals surface area (Å²) in [5, 5.41) is 19.4. The zero-order valence-electron chi connectivity index (χ0n) is 16.5. The monoisotopic (exact) mass is 430 g/mol. The van der Waals surface area contributed by atoms with Crippen LogP contribution in [-0.2, 0) is 4.74 Å². The summed E-state index contributed by atoms with van der Waals surface area (Å²) in [5.74, 6) is 1.63. The van der Waals surface area contributed by atoms with Crippen molar-refractivity contribution < 1.29 is 24.4 Å². The molecule has 8 heteroatoms. The first-order chi connectivity index (χ1) is 14.5. The summed E-state index contributed by atoms with van der Waals surface area (Å²) >= 11 is 6.30. The van der Waals surface area contributed by atoms with Crippen molar-refractivity contribution in [1.29, 1.82) is 0 Å². The standard InChI is InChI=1S/C22H23ClN2O5/c1-28-21-17-3-2-4-18(23)19(17)24-20(25-21)13-5-7-15(8-6-13)29-9-10-30-16-11-14(12-16)22(26)27/h2-8,14,16,22,26-27H,9-12H2,1H3. The van der Waals surface area contributed by atoms with Gasteiger partial charge in [0, 0.05) is 11.5 Å². The Labute approximate surface area is 179 Å². The molecular weight excluding hydrogens is 408 g/mol. The Balaban J connectivity index is 1.36. The minimum Gasteiger partial charge on any atom is -0.491 e. The highest BCUT2D eigenvalue weighted by Crippen LogP contribution is 2.32. The second-order valence-corrected chi connectivity index (χ2v) is 7.61. The van der Waals surface area contributed by atoms with E-state index in [0.29, 0.717) is 54.0 Å². The molecule has 0 amide bonds. The van der Waals surface area contributed by atoms with E-state index in [4.69, 9.17) is 36.0 Å². The van der Waals surface area contributed by atoms with Crippen molar-refractivity contribution in [3.63, 3.8) is 0 Å². The minimum absolute atomic E-state index is 0.0747. The summed E-state index contributed by atoms with van der Waals surface area (Å²) in [7, 11) is 1.57. The summed E-state index contributed by atoms with van der Waals surface area (Å²) in [5.41, 5.74) is 1.47. The Morgan fingerprint density at radius 3 is 2.53 bits per heavy atom. The molecule has 1 fully saturated rings. The van der Waals surface area contributed by atoms with Crippen molar-refractivity contribution in [2.75, 3.05) is 20.3 Å². The first kappa shape index (κ1) is 20.8. The molecular formula is C22H23ClN2O5. The first-order valence-electron chi connectivity index (χ1n) is 9.76. The predicted octanol–water partition coefficient (Wildman–Crippen LogP) is 3.44. The normalized spacial score (nSPS) is 18.4. The third kappa shape index (κ3) is 4.49. The number of aliphatic hydroxyl groups excluding tert-OH is 1. The van der Waals surface area contributed by atoms with Gasteiger partial charge in [-0.1, -0.05) is 17.7 Å². The predicted molar refractivity (Wildman–Crippen MR) is 113 cm³/mol. The Kier molecular flexibility index (Phi) is 6.34. The number of aromatic nitrogens is 2. The maximum Gasteiger partial charge on any atom is 0.224 e. The molecule has 1 aromatic heterocycles. The van der Waals surface area contributed by atoms with E-state index in [9.17, 15) is 0 Å². The number of rotatable bonds is 8. The molecule has 3 aromatic rings. The third-order valence-corrected chi connectivity index (χ3v) is 5.51. The number of para-hydroxylation sites is 1. The summed E-state index contributed by atoms with van der Waals surface area (Å²) in [6.07, 6.45) is 0.175. The third-order valence-electron chi connectivity index (χ3n) is 5.21. The van der Waals surface area contributed by atoms with E-state index in [1.54, 1.807) is 13.2 Å². The van der Waals surface area contributed by atoms with E-state index in [1.165, 1.54) is 0 Å². The lowest BCUT2D eigenvalue weighted by Gasteiger charge is -2.35. The van der Waals surface area contributed by atoms with Gasteiger partial charge in [0.1, 0.15) is 12.4 Å². The number of halogens is 1. The van der Waals surface area contributed by atoms with Crippen LogP contribution in [-0.4, -0.2) is 52.9 Å². The zero-order chi connectivity index (χ0) is 21.1. The Bertz CT molecular complexity index is 1010. The van der Waals surface area contributed by atoms with Crippen molar-refractivity contribution in [2.45, 2.75) is 25.2 Å². The van der Waals surface area contributed by atoms with Gasteiger partial charge in [-0.3, -0.25) is 0 Å². The molecule has 158 valence electrons. The topological polar surface area (TPSA) is 93.9 Å². The number of hydrogen-bond acceptors (Lipinski definition) is 7. The number of fused-ring (bicyclic) bond motifs is 1. The van der Waals surface area contributed by atoms with Gasteiger partial charge in [0.2, 0.25) is 5.88 Å². The average Bonchev–Trinajstić information content (AvgIpc) is 2.72. The van der Waals surface area contributed by atoms with Gasteiger partial charge in [-0.15, -0.1) is 0 Å². The Hall–Kier alpha value is -2.45. The second kappa shape index (κ2) is 9.14. The van der Waals surface area contributed by atoms with Crippen molar-refractivity contribution >= 4 is 22.5 Å². The molecule has 30 heavy (non-hydrogen) atoms. The summed E-state index contributed by atoms with van der Waals surface area (Å²) in [6, 6.07) is 13.0. The lowest BCUT2D eigenvalue weighted by atomic mass is 9.82. The van der Waals surface area contributed by atoms with E-state index in [1.807, 2.05) is 36.4 Å². The van der Waals surface area contributed by atoms with Crippen LogP contribution in [0.15, 0.2) is 42.5 Å². The zero-order valence-corrected chi connectivity index (χ0v) is 17.2. The number of nitrogens with zero attached hydrogens (tertiary/aromatic N) is 2. The van der Waals surface area contributed by atoms with Gasteiger partial charge >= 0.3 is 0 Å². The lowest BCUT2D eigenvalue weighted by Crippen LogP contribution is -2.39. The van der Waals surface area contributed by atoms with Crippen LogP contribution < -0.4 is 9.47 Å². The molecule has 1 aliphatic rings. The van der Waals surface area contributed by atoms with E-state index in [2.05, 4.69) is 9.97 Å². The molecule has 1 heterocycles. The van der Waals surface area contributed by atoms with Crippen molar-refractivity contribution in [3.05, 3.63) is 47.5 Å². The molecule has 2 aromatic carbocycles. The molecule has 2 N–H and O–H groups in total. The van der Waals surface area contributed by atoms with Gasteiger partial charge in [-0.25, -0.2) is 4.98 Å². The number of ether oxygens (including phenoxy) is 3. The summed E-state index contributed by atoms with van der Waals surface area (Å²) in [6.45, 7) is 0.863. The van der Waals surface area contributed by atoms with E-state index in [0.717, 1.165) is 10.9 Å². The first-order valence-corrected chi connectivity index (χ1v) is 10.1. The van der Waals surface area contributed by atoms with Crippen molar-refractivity contribution in [1.82, 2.24) is 9.97 Å². The molecule has 0 spiro atoms. The Morgan fingerprint density at radius 1 is 1.07 bits per heavy atom. The van der Waals surface area contributed by atoms with Crippen LogP contribution in [0.5, 0.6) is 11.6 Å². The quantitative estimate of drug-likeness (QED) is 0.417. The lowest BCUT2D eigenvalue weighted by molar-refractivity contribution is -0.150. The van der Waals surface area contributed by atoms with E-state index < -0.39 is 6.29 Å². The van der Waals surface area contributed by atoms with E-state index >= 15 is 0 Å². The fourth-order valence-corrected chi connectivity index (χ4v) is 3.65. The van der Waals surface area contributed by atoms with Crippen LogP contribution in [0.1, 0.15) is 12.8 Å². The molecule has 0 saturated heterocycles. The van der Waals surface area contributed by atoms with Gasteiger partial charge in [-0.2, -0.15) is 4.98 Å². The highest BCUT2D eigenvalue weighted by molar-refractivity contribution is 6.35. The summed E-state index contributed by atoms with van der Waals surface area (Å²) < 4.78 is 16.8. The minimum atomic E-state index is -1.25. The second-order valence-electron chi connectivity index (χ2n) is 7.20. The largest absolute Gasteiger partial charge is 0.491 e. The van der Waals surface area contributed by atoms with Crippen LogP contribution in [0.4, 0.5) is 0 Å². The molecule has 0 unspecified atom stereocenters. The van der Waals surface area contributed by atoms with Gasteiger partial charge in [0.05, 0.1) is 35.7 Å². The molecule has 0 aliphatic heterocycles. The fraction of sp³-hybridized carbons (Fsp3) is 0.364. The Morgan fingerprint density at radius 2 is 1.83 bits per heavy atom. The van der Waals surface area contributed by atoms with Crippen LogP contribution >= 0.6 is 11.6 Å². The molecule has 0 atom stereocenters. The number of hydrogen-bond donors (Lipinski definition) is 2. The van der Waals surface area contributed by atoms with E-state index in [-0.39, 0.29) is 12.0 Å². The smallest absolute Gasteiger partial charge is 0.224 e. The maximum absolute atomic E-state index is 9.06. The van der Waals surface area contributed by atoms with Crippen molar-refractivity contribution in [3.8, 4) is 23.0 Å². The van der Waals surface area contributed by atoms with Crippen LogP contribution in [0, 0.1) is 5.92 Å². The molecule has 0 bridgehead atoms. The van der Waals surface area contributed by atoms with Crippen molar-refractivity contribution in [2.24, 2.45) is 5.92 Å². The SMILES string of the molecule is COc1nc(-c2ccc(OCCOC3CC(C(O)O)C3)cc2)nc2c(Cl)cccc12. The van der Waals surface area contributed by atoms with Crippen LogP contribution in [0.2, 0.25) is 5.02 Å². The fourth-order valence-electron chi connectivity index (χ4n) is 3.43. The maximum atomic E-state index is 9.06. The molecule has 7 nitrogen and oxygen atoms in total. The van der Waals surface area contributed by atoms with Gasteiger partial charge in [-0.05, 0) is 49.2 Å². The number of aliphatic hydroxyl groups is 2. The summed E-state index contributed by atoms with van der Waals surface area (Å²) in [4.78, 5) is 9.09. The van der Waals surface area contributed by atoms with Gasteiger partial charge in [0.25, 0.3) is 0 Å². The molecule has 1 saturated carbocycles. The van der Waals surface area contributed by atoms with Crippen LogP contribution in [0.25, 0.3) is 22.3 Å². The molecule has 4 rings (SSSR count). The number of benzene rings is 2. The highest BCUT2D eigenvalue weighted by Gasteiger charge is 2.34. The van der Waals surface area contributed by atoms with Gasteiger partial charge < -0.3 is 24.4 Å². The average molecular weight is 431 g/mol. The molecule has 1 aliphatic carbocycles. The highest BCUT2D eigenvalue weighted by atomic mass is 35.5. The molecule has 0 radical (unpaired) electrons. The number of methoxy groups -OCH3 is 1. The van der Waals surface area contributed by atoms with Gasteiger partial charge in [0.15, 0.2) is 12.1 Å².